The fourth-order valence-corrected chi connectivity index (χ4v) is 2.95. The summed E-state index contributed by atoms with van der Waals surface area (Å²) >= 11 is 0. The molecular weight excluding hydrogens is 320 g/mol. The monoisotopic (exact) mass is 344 g/mol. The molecule has 1 heterocycles. The van der Waals surface area contributed by atoms with Gasteiger partial charge < -0.3 is 19.3 Å². The van der Waals surface area contributed by atoms with E-state index in [1.807, 2.05) is 44.2 Å². The van der Waals surface area contributed by atoms with Crippen LogP contribution in [0.1, 0.15) is 57.0 Å². The normalized spacial score (nSPS) is 20.4. The van der Waals surface area contributed by atoms with E-state index in [9.17, 15) is 4.79 Å². The molecule has 2 aromatic rings. The molecule has 0 radical (unpaired) electrons. The van der Waals surface area contributed by atoms with Gasteiger partial charge in [-0.2, -0.15) is 0 Å². The Balaban J connectivity index is 1.49. The Morgan fingerprint density at radius 2 is 2.00 bits per heavy atom. The molecule has 1 N–H and O–H groups in total. The molecule has 0 aliphatic heterocycles. The molecule has 1 atom stereocenters. The van der Waals surface area contributed by atoms with Crippen LogP contribution in [0.4, 0.5) is 0 Å². The van der Waals surface area contributed by atoms with Crippen molar-refractivity contribution in [2.45, 2.75) is 51.7 Å². The zero-order valence-electron chi connectivity index (χ0n) is 14.8. The predicted octanol–water partition coefficient (Wildman–Crippen LogP) is 3.60. The smallest absolute Gasteiger partial charge is 0.217 e. The minimum absolute atomic E-state index is 0.0853. The fraction of sp³-hybridized carbons (Fsp3) is 0.474. The quantitative estimate of drug-likeness (QED) is 0.831. The standard InChI is InChI=1S/C19H24N2O4/c1-4-23-15-5-7-16(8-6-15)24-17-9-14(10-17)18-11-19(25-21-18)12(2)20-13(3)22/h5-8,11-12,14,17H,4,9-10H2,1-3H3,(H,20,22)/t12-,14?,17?/m0/s1. The summed E-state index contributed by atoms with van der Waals surface area (Å²) in [5, 5.41) is 6.94. The van der Waals surface area contributed by atoms with Gasteiger partial charge in [0.05, 0.1) is 24.4 Å². The van der Waals surface area contributed by atoms with E-state index >= 15 is 0 Å². The zero-order valence-corrected chi connectivity index (χ0v) is 14.8. The molecule has 134 valence electrons. The molecule has 1 aliphatic carbocycles. The first kappa shape index (κ1) is 17.3. The molecule has 0 bridgehead atoms. The van der Waals surface area contributed by atoms with Crippen LogP contribution in [0.5, 0.6) is 11.5 Å². The summed E-state index contributed by atoms with van der Waals surface area (Å²) in [6.45, 7) is 5.99. The summed E-state index contributed by atoms with van der Waals surface area (Å²) in [6.07, 6.45) is 2.01. The summed E-state index contributed by atoms with van der Waals surface area (Å²) < 4.78 is 16.8. The van der Waals surface area contributed by atoms with Crippen LogP contribution in [0.15, 0.2) is 34.9 Å². The number of carbonyl (C=O) groups excluding carboxylic acids is 1. The number of nitrogens with zero attached hydrogens (tertiary/aromatic N) is 1. The van der Waals surface area contributed by atoms with Crippen molar-refractivity contribution in [1.29, 1.82) is 0 Å². The minimum atomic E-state index is -0.172. The van der Waals surface area contributed by atoms with Crippen molar-refractivity contribution in [2.24, 2.45) is 0 Å². The second-order valence-electron chi connectivity index (χ2n) is 6.39. The molecule has 1 aromatic heterocycles. The van der Waals surface area contributed by atoms with Gasteiger partial charge in [-0.3, -0.25) is 4.79 Å². The molecule has 0 saturated heterocycles. The highest BCUT2D eigenvalue weighted by molar-refractivity contribution is 5.73. The lowest BCUT2D eigenvalue weighted by molar-refractivity contribution is -0.119. The van der Waals surface area contributed by atoms with Crippen LogP contribution < -0.4 is 14.8 Å². The number of benzene rings is 1. The number of rotatable bonds is 7. The lowest BCUT2D eigenvalue weighted by atomic mass is 9.80. The van der Waals surface area contributed by atoms with Crippen LogP contribution in [0.3, 0.4) is 0 Å². The Labute approximate surface area is 147 Å². The first-order valence-corrected chi connectivity index (χ1v) is 8.68. The van der Waals surface area contributed by atoms with Crippen molar-refractivity contribution in [3.05, 3.63) is 41.8 Å². The average molecular weight is 344 g/mol. The van der Waals surface area contributed by atoms with Crippen LogP contribution in [0, 0.1) is 0 Å². The maximum atomic E-state index is 11.1. The van der Waals surface area contributed by atoms with Gasteiger partial charge in [0.1, 0.15) is 11.5 Å². The third kappa shape index (κ3) is 4.32. The van der Waals surface area contributed by atoms with Gasteiger partial charge >= 0.3 is 0 Å². The van der Waals surface area contributed by atoms with Crippen molar-refractivity contribution in [1.82, 2.24) is 10.5 Å². The summed E-state index contributed by atoms with van der Waals surface area (Å²) in [4.78, 5) is 11.1. The molecule has 6 nitrogen and oxygen atoms in total. The molecule has 0 spiro atoms. The summed E-state index contributed by atoms with van der Waals surface area (Å²) in [6, 6.07) is 9.46. The number of ether oxygens (including phenoxy) is 2. The van der Waals surface area contributed by atoms with E-state index in [-0.39, 0.29) is 18.1 Å². The molecule has 0 unspecified atom stereocenters. The number of aromatic nitrogens is 1. The van der Waals surface area contributed by atoms with Crippen LogP contribution in [0.2, 0.25) is 0 Å². The molecule has 1 saturated carbocycles. The fourth-order valence-electron chi connectivity index (χ4n) is 2.95. The molecule has 1 amide bonds. The number of carbonyl (C=O) groups is 1. The summed E-state index contributed by atoms with van der Waals surface area (Å²) in [7, 11) is 0. The van der Waals surface area contributed by atoms with Crippen LogP contribution in [-0.2, 0) is 4.79 Å². The highest BCUT2D eigenvalue weighted by Gasteiger charge is 2.34. The molecule has 3 rings (SSSR count). The molecule has 1 fully saturated rings. The van der Waals surface area contributed by atoms with Gasteiger partial charge in [0.15, 0.2) is 5.76 Å². The molecule has 6 heteroatoms. The van der Waals surface area contributed by atoms with Crippen molar-refractivity contribution >= 4 is 5.91 Å². The van der Waals surface area contributed by atoms with E-state index in [0.29, 0.717) is 18.3 Å². The highest BCUT2D eigenvalue weighted by Crippen LogP contribution is 2.39. The predicted molar refractivity (Wildman–Crippen MR) is 92.7 cm³/mol. The maximum Gasteiger partial charge on any atom is 0.217 e. The van der Waals surface area contributed by atoms with Gasteiger partial charge in [-0.15, -0.1) is 0 Å². The van der Waals surface area contributed by atoms with Gasteiger partial charge in [-0.25, -0.2) is 0 Å². The van der Waals surface area contributed by atoms with Crippen LogP contribution in [0.25, 0.3) is 0 Å². The third-order valence-electron chi connectivity index (χ3n) is 4.34. The SMILES string of the molecule is CCOc1ccc(OC2CC(c3cc([C@H](C)NC(C)=O)on3)C2)cc1. The Kier molecular flexibility index (Phi) is 5.26. The van der Waals surface area contributed by atoms with Crippen molar-refractivity contribution < 1.29 is 18.8 Å². The lowest BCUT2D eigenvalue weighted by Crippen LogP contribution is -2.32. The van der Waals surface area contributed by atoms with E-state index in [4.69, 9.17) is 14.0 Å². The first-order chi connectivity index (χ1) is 12.0. The third-order valence-corrected chi connectivity index (χ3v) is 4.34. The maximum absolute atomic E-state index is 11.1. The second-order valence-corrected chi connectivity index (χ2v) is 6.39. The van der Waals surface area contributed by atoms with E-state index in [0.717, 1.165) is 30.0 Å². The largest absolute Gasteiger partial charge is 0.494 e. The second kappa shape index (κ2) is 7.59. The van der Waals surface area contributed by atoms with Gasteiger partial charge in [-0.1, -0.05) is 5.16 Å². The molecule has 25 heavy (non-hydrogen) atoms. The van der Waals surface area contributed by atoms with E-state index in [1.54, 1.807) is 0 Å². The zero-order chi connectivity index (χ0) is 17.8. The van der Waals surface area contributed by atoms with Crippen molar-refractivity contribution in [3.63, 3.8) is 0 Å². The molecule has 1 aromatic carbocycles. The average Bonchev–Trinajstić information content (AvgIpc) is 3.01. The number of amides is 1. The Morgan fingerprint density at radius 3 is 2.64 bits per heavy atom. The number of hydrogen-bond acceptors (Lipinski definition) is 5. The number of hydrogen-bond donors (Lipinski definition) is 1. The van der Waals surface area contributed by atoms with Gasteiger partial charge in [0.25, 0.3) is 0 Å². The van der Waals surface area contributed by atoms with E-state index in [2.05, 4.69) is 10.5 Å². The van der Waals surface area contributed by atoms with Gasteiger partial charge in [0.2, 0.25) is 5.91 Å². The van der Waals surface area contributed by atoms with E-state index < -0.39 is 0 Å². The van der Waals surface area contributed by atoms with Crippen LogP contribution >= 0.6 is 0 Å². The summed E-state index contributed by atoms with van der Waals surface area (Å²) in [5.74, 6) is 2.64. The first-order valence-electron chi connectivity index (χ1n) is 8.68. The highest BCUT2D eigenvalue weighted by atomic mass is 16.5. The minimum Gasteiger partial charge on any atom is -0.494 e. The van der Waals surface area contributed by atoms with E-state index in [1.165, 1.54) is 6.92 Å². The van der Waals surface area contributed by atoms with Crippen molar-refractivity contribution in [3.8, 4) is 11.5 Å². The van der Waals surface area contributed by atoms with Gasteiger partial charge in [0, 0.05) is 18.9 Å². The lowest BCUT2D eigenvalue weighted by Gasteiger charge is -2.34. The van der Waals surface area contributed by atoms with Gasteiger partial charge in [-0.05, 0) is 51.0 Å². The molecule has 1 aliphatic rings. The molecular formula is C19H24N2O4. The van der Waals surface area contributed by atoms with Crippen LogP contribution in [-0.4, -0.2) is 23.8 Å². The Morgan fingerprint density at radius 1 is 1.32 bits per heavy atom. The van der Waals surface area contributed by atoms with Crippen molar-refractivity contribution in [2.75, 3.05) is 6.61 Å². The Hall–Kier alpha value is -2.50. The number of nitrogens with one attached hydrogen (secondary N) is 1. The summed E-state index contributed by atoms with van der Waals surface area (Å²) in [5.41, 5.74) is 0.929. The Bertz CT molecular complexity index is 704. The topological polar surface area (TPSA) is 73.6 Å².